The molecule has 0 bridgehead atoms. The molecule has 5 nitrogen and oxygen atoms in total. The summed E-state index contributed by atoms with van der Waals surface area (Å²) in [4.78, 5) is 0. The van der Waals surface area contributed by atoms with Crippen molar-refractivity contribution in [1.82, 2.24) is 15.5 Å². The minimum atomic E-state index is 0.421. The van der Waals surface area contributed by atoms with Crippen molar-refractivity contribution in [1.29, 1.82) is 0 Å². The summed E-state index contributed by atoms with van der Waals surface area (Å²) in [5.41, 5.74) is 0.950. The largest absolute Gasteiger partial charge is 0.419 e. The second-order valence-corrected chi connectivity index (χ2v) is 4.97. The predicted octanol–water partition coefficient (Wildman–Crippen LogP) is 2.40. The van der Waals surface area contributed by atoms with E-state index in [1.54, 1.807) is 0 Å². The highest BCUT2D eigenvalue weighted by atomic mass is 16.5. The van der Waals surface area contributed by atoms with Crippen LogP contribution in [0.4, 0.5) is 0 Å². The van der Waals surface area contributed by atoms with Gasteiger partial charge >= 0.3 is 0 Å². The van der Waals surface area contributed by atoms with Crippen LogP contribution in [0.25, 0.3) is 11.5 Å². The lowest BCUT2D eigenvalue weighted by Gasteiger charge is -2.08. The lowest BCUT2D eigenvalue weighted by molar-refractivity contribution is 0.104. The number of benzene rings is 1. The Bertz CT molecular complexity index is 521. The number of ether oxygens (including phenoxy) is 1. The average molecular weight is 273 g/mol. The van der Waals surface area contributed by atoms with E-state index >= 15 is 0 Å². The fourth-order valence-corrected chi connectivity index (χ4v) is 2.35. The van der Waals surface area contributed by atoms with Crippen LogP contribution in [0, 0.1) is 0 Å². The summed E-state index contributed by atoms with van der Waals surface area (Å²) in [5, 5.41) is 11.4. The molecule has 3 rings (SSSR count). The molecule has 0 radical (unpaired) electrons. The Kier molecular flexibility index (Phi) is 4.40. The minimum Gasteiger partial charge on any atom is -0.419 e. The van der Waals surface area contributed by atoms with Gasteiger partial charge in [-0.1, -0.05) is 18.2 Å². The van der Waals surface area contributed by atoms with Gasteiger partial charge in [-0.15, -0.1) is 10.2 Å². The molecule has 0 spiro atoms. The van der Waals surface area contributed by atoms with Crippen molar-refractivity contribution in [3.63, 3.8) is 0 Å². The summed E-state index contributed by atoms with van der Waals surface area (Å²) in [6, 6.07) is 9.80. The Morgan fingerprint density at radius 1 is 1.20 bits per heavy atom. The first-order chi connectivity index (χ1) is 9.92. The molecule has 0 amide bonds. The standard InChI is InChI=1S/C15H19N3O2/c1-2-5-12(6-3-1)15-18-17-14(20-15)11-16-9-8-13-7-4-10-19-13/h1-3,5-6,13,16H,4,7-11H2. The Balaban J connectivity index is 1.45. The third-order valence-electron chi connectivity index (χ3n) is 3.43. The van der Waals surface area contributed by atoms with Gasteiger partial charge in [-0.05, 0) is 37.9 Å². The van der Waals surface area contributed by atoms with Crippen molar-refractivity contribution < 1.29 is 9.15 Å². The summed E-state index contributed by atoms with van der Waals surface area (Å²) in [5.74, 6) is 1.19. The zero-order valence-electron chi connectivity index (χ0n) is 11.4. The molecule has 1 aliphatic heterocycles. The smallest absolute Gasteiger partial charge is 0.247 e. The maximum absolute atomic E-state index is 5.63. The van der Waals surface area contributed by atoms with Gasteiger partial charge in [0.2, 0.25) is 11.8 Å². The van der Waals surface area contributed by atoms with Crippen LogP contribution in [0.2, 0.25) is 0 Å². The monoisotopic (exact) mass is 273 g/mol. The summed E-state index contributed by atoms with van der Waals surface area (Å²) in [6.07, 6.45) is 3.83. The van der Waals surface area contributed by atoms with Gasteiger partial charge in [0.05, 0.1) is 12.6 Å². The molecule has 1 unspecified atom stereocenters. The van der Waals surface area contributed by atoms with E-state index in [2.05, 4.69) is 15.5 Å². The molecule has 1 saturated heterocycles. The molecule has 2 heterocycles. The van der Waals surface area contributed by atoms with Crippen molar-refractivity contribution in [2.45, 2.75) is 31.9 Å². The first kappa shape index (κ1) is 13.3. The number of hydrogen-bond donors (Lipinski definition) is 1. The van der Waals surface area contributed by atoms with E-state index in [1.165, 1.54) is 12.8 Å². The highest BCUT2D eigenvalue weighted by molar-refractivity contribution is 5.51. The van der Waals surface area contributed by atoms with Crippen LogP contribution in [-0.2, 0) is 11.3 Å². The molecule has 0 saturated carbocycles. The van der Waals surface area contributed by atoms with E-state index in [0.717, 1.165) is 25.1 Å². The number of hydrogen-bond acceptors (Lipinski definition) is 5. The quantitative estimate of drug-likeness (QED) is 0.819. The zero-order valence-corrected chi connectivity index (χ0v) is 11.4. The molecule has 1 atom stereocenters. The van der Waals surface area contributed by atoms with Crippen LogP contribution in [-0.4, -0.2) is 29.5 Å². The van der Waals surface area contributed by atoms with Gasteiger partial charge in [-0.2, -0.15) is 0 Å². The molecule has 1 aliphatic rings. The fraction of sp³-hybridized carbons (Fsp3) is 0.467. The minimum absolute atomic E-state index is 0.421. The molecule has 106 valence electrons. The first-order valence-electron chi connectivity index (χ1n) is 7.12. The first-order valence-corrected chi connectivity index (χ1v) is 7.12. The van der Waals surface area contributed by atoms with E-state index in [0.29, 0.717) is 24.4 Å². The Morgan fingerprint density at radius 3 is 2.90 bits per heavy atom. The second kappa shape index (κ2) is 6.63. The number of nitrogens with one attached hydrogen (secondary N) is 1. The topological polar surface area (TPSA) is 60.2 Å². The lowest BCUT2D eigenvalue weighted by Crippen LogP contribution is -2.20. The molecule has 20 heavy (non-hydrogen) atoms. The van der Waals surface area contributed by atoms with Crippen LogP contribution in [0.15, 0.2) is 34.7 Å². The Morgan fingerprint density at radius 2 is 2.10 bits per heavy atom. The highest BCUT2D eigenvalue weighted by Crippen LogP contribution is 2.17. The van der Waals surface area contributed by atoms with Gasteiger partial charge in [-0.3, -0.25) is 0 Å². The predicted molar refractivity (Wildman–Crippen MR) is 75.0 cm³/mol. The molecule has 2 aromatic rings. The Labute approximate surface area is 118 Å². The number of aromatic nitrogens is 2. The second-order valence-electron chi connectivity index (χ2n) is 4.97. The summed E-state index contributed by atoms with van der Waals surface area (Å²) < 4.78 is 11.2. The summed E-state index contributed by atoms with van der Waals surface area (Å²) in [6.45, 7) is 2.43. The lowest BCUT2D eigenvalue weighted by atomic mass is 10.2. The van der Waals surface area contributed by atoms with E-state index in [9.17, 15) is 0 Å². The molecule has 1 fully saturated rings. The van der Waals surface area contributed by atoms with Gasteiger partial charge in [0.25, 0.3) is 0 Å². The van der Waals surface area contributed by atoms with Gasteiger partial charge < -0.3 is 14.5 Å². The van der Waals surface area contributed by atoms with Crippen LogP contribution >= 0.6 is 0 Å². The normalized spacial score (nSPS) is 18.5. The molecule has 1 aromatic carbocycles. The summed E-state index contributed by atoms with van der Waals surface area (Å²) >= 11 is 0. The van der Waals surface area contributed by atoms with Crippen LogP contribution in [0.1, 0.15) is 25.2 Å². The third-order valence-corrected chi connectivity index (χ3v) is 3.43. The number of rotatable bonds is 6. The van der Waals surface area contributed by atoms with Crippen molar-refractivity contribution in [2.24, 2.45) is 0 Å². The fourth-order valence-electron chi connectivity index (χ4n) is 2.35. The van der Waals surface area contributed by atoms with Crippen molar-refractivity contribution >= 4 is 0 Å². The van der Waals surface area contributed by atoms with Gasteiger partial charge in [-0.25, -0.2) is 0 Å². The van der Waals surface area contributed by atoms with Crippen LogP contribution < -0.4 is 5.32 Å². The number of nitrogens with zero attached hydrogens (tertiary/aromatic N) is 2. The van der Waals surface area contributed by atoms with E-state index < -0.39 is 0 Å². The maximum Gasteiger partial charge on any atom is 0.247 e. The molecule has 5 heteroatoms. The van der Waals surface area contributed by atoms with Crippen molar-refractivity contribution in [2.75, 3.05) is 13.2 Å². The van der Waals surface area contributed by atoms with Crippen molar-refractivity contribution in [3.05, 3.63) is 36.2 Å². The van der Waals surface area contributed by atoms with E-state index in [-0.39, 0.29) is 0 Å². The van der Waals surface area contributed by atoms with Crippen LogP contribution in [0.5, 0.6) is 0 Å². The zero-order chi connectivity index (χ0) is 13.6. The van der Waals surface area contributed by atoms with Gasteiger partial charge in [0.1, 0.15) is 0 Å². The Hall–Kier alpha value is -1.72. The van der Waals surface area contributed by atoms with E-state index in [4.69, 9.17) is 9.15 Å². The molecular formula is C15H19N3O2. The average Bonchev–Trinajstić information content (AvgIpc) is 3.16. The van der Waals surface area contributed by atoms with Gasteiger partial charge in [0.15, 0.2) is 0 Å². The maximum atomic E-state index is 5.63. The van der Waals surface area contributed by atoms with E-state index in [1.807, 2.05) is 30.3 Å². The summed E-state index contributed by atoms with van der Waals surface area (Å²) in [7, 11) is 0. The SMILES string of the molecule is c1ccc(-c2nnc(CNCCC3CCCO3)o2)cc1. The molecular weight excluding hydrogens is 254 g/mol. The third kappa shape index (κ3) is 3.43. The highest BCUT2D eigenvalue weighted by Gasteiger charge is 2.14. The van der Waals surface area contributed by atoms with Gasteiger partial charge in [0, 0.05) is 12.2 Å². The molecule has 0 aliphatic carbocycles. The van der Waals surface area contributed by atoms with Crippen LogP contribution in [0.3, 0.4) is 0 Å². The molecule has 1 N–H and O–H groups in total. The molecule has 1 aromatic heterocycles. The van der Waals surface area contributed by atoms with Crippen molar-refractivity contribution in [3.8, 4) is 11.5 Å².